The molecule has 0 radical (unpaired) electrons. The standard InChI is InChI=1S/C15H22N4O2S/c1-3-12-11(2)16-14(22-12)19-9-8-18(15(19)21)10-13(20)17-6-4-5-7-17/h3-10H2,1-2H3. The number of hydrogen-bond acceptors (Lipinski definition) is 4. The van der Waals surface area contributed by atoms with E-state index in [-0.39, 0.29) is 18.5 Å². The molecule has 0 spiro atoms. The maximum absolute atomic E-state index is 12.5. The Bertz CT molecular complexity index is 580. The van der Waals surface area contributed by atoms with Crippen LogP contribution in [0.1, 0.15) is 30.3 Å². The van der Waals surface area contributed by atoms with Gasteiger partial charge in [-0.25, -0.2) is 9.78 Å². The largest absolute Gasteiger partial charge is 0.341 e. The Morgan fingerprint density at radius 2 is 1.95 bits per heavy atom. The minimum absolute atomic E-state index is 0.0669. The SMILES string of the molecule is CCc1sc(N2CCN(CC(=O)N3CCCC3)C2=O)nc1C. The summed E-state index contributed by atoms with van der Waals surface area (Å²) in [6, 6.07) is -0.0936. The predicted octanol–water partition coefficient (Wildman–Crippen LogP) is 1.88. The number of aromatic nitrogens is 1. The number of amides is 3. The third kappa shape index (κ3) is 2.82. The molecule has 7 heteroatoms. The molecule has 0 aliphatic carbocycles. The van der Waals surface area contributed by atoms with E-state index in [2.05, 4.69) is 11.9 Å². The van der Waals surface area contributed by atoms with Crippen molar-refractivity contribution in [3.8, 4) is 0 Å². The fourth-order valence-electron chi connectivity index (χ4n) is 2.99. The molecule has 0 N–H and O–H groups in total. The van der Waals surface area contributed by atoms with Gasteiger partial charge >= 0.3 is 6.03 Å². The number of thiazole rings is 1. The van der Waals surface area contributed by atoms with Crippen LogP contribution in [0.25, 0.3) is 0 Å². The number of nitrogens with zero attached hydrogens (tertiary/aromatic N) is 4. The molecule has 2 saturated heterocycles. The zero-order chi connectivity index (χ0) is 15.7. The molecule has 3 amide bonds. The molecule has 3 rings (SSSR count). The number of rotatable bonds is 4. The lowest BCUT2D eigenvalue weighted by Gasteiger charge is -2.20. The minimum Gasteiger partial charge on any atom is -0.341 e. The summed E-state index contributed by atoms with van der Waals surface area (Å²) in [5.74, 6) is 0.0669. The first kappa shape index (κ1) is 15.3. The average Bonchev–Trinajstić information content (AvgIpc) is 3.20. The van der Waals surface area contributed by atoms with Gasteiger partial charge in [-0.05, 0) is 26.2 Å². The highest BCUT2D eigenvalue weighted by atomic mass is 32.1. The molecule has 0 saturated carbocycles. The summed E-state index contributed by atoms with van der Waals surface area (Å²) in [6.45, 7) is 7.14. The lowest BCUT2D eigenvalue weighted by Crippen LogP contribution is -2.41. The van der Waals surface area contributed by atoms with Crippen molar-refractivity contribution in [3.05, 3.63) is 10.6 Å². The first-order valence-corrected chi connectivity index (χ1v) is 8.72. The third-order valence-corrected chi connectivity index (χ3v) is 5.64. The van der Waals surface area contributed by atoms with Gasteiger partial charge in [-0.1, -0.05) is 6.92 Å². The van der Waals surface area contributed by atoms with Crippen LogP contribution < -0.4 is 4.90 Å². The Morgan fingerprint density at radius 3 is 2.59 bits per heavy atom. The van der Waals surface area contributed by atoms with E-state index < -0.39 is 0 Å². The highest BCUT2D eigenvalue weighted by molar-refractivity contribution is 7.15. The second-order valence-corrected chi connectivity index (χ2v) is 6.86. The molecule has 22 heavy (non-hydrogen) atoms. The number of aryl methyl sites for hydroxylation is 2. The summed E-state index contributed by atoms with van der Waals surface area (Å²) >= 11 is 1.58. The van der Waals surface area contributed by atoms with E-state index in [9.17, 15) is 9.59 Å². The van der Waals surface area contributed by atoms with Crippen LogP contribution >= 0.6 is 11.3 Å². The summed E-state index contributed by atoms with van der Waals surface area (Å²) in [6.07, 6.45) is 3.08. The molecular weight excluding hydrogens is 300 g/mol. The average molecular weight is 322 g/mol. The van der Waals surface area contributed by atoms with Gasteiger partial charge in [-0.2, -0.15) is 0 Å². The quantitative estimate of drug-likeness (QED) is 0.850. The Morgan fingerprint density at radius 1 is 1.23 bits per heavy atom. The summed E-state index contributed by atoms with van der Waals surface area (Å²) in [4.78, 5) is 35.6. The van der Waals surface area contributed by atoms with Crippen LogP contribution in [0, 0.1) is 6.92 Å². The maximum Gasteiger partial charge on any atom is 0.326 e. The van der Waals surface area contributed by atoms with Gasteiger partial charge in [0.25, 0.3) is 0 Å². The van der Waals surface area contributed by atoms with Gasteiger partial charge in [0.1, 0.15) is 6.54 Å². The molecular formula is C15H22N4O2S. The van der Waals surface area contributed by atoms with Crippen molar-refractivity contribution in [2.75, 3.05) is 37.6 Å². The first-order chi connectivity index (χ1) is 10.6. The topological polar surface area (TPSA) is 56.8 Å². The van der Waals surface area contributed by atoms with Crippen LogP contribution in [0.2, 0.25) is 0 Å². The van der Waals surface area contributed by atoms with Crippen LogP contribution in [0.15, 0.2) is 0 Å². The molecule has 2 aliphatic heterocycles. The molecule has 2 fully saturated rings. The Hall–Kier alpha value is -1.63. The van der Waals surface area contributed by atoms with Gasteiger partial charge in [0.2, 0.25) is 5.91 Å². The molecule has 2 aliphatic rings. The van der Waals surface area contributed by atoms with E-state index in [1.54, 1.807) is 21.1 Å². The van der Waals surface area contributed by atoms with E-state index in [0.29, 0.717) is 13.1 Å². The second kappa shape index (κ2) is 6.24. The number of anilines is 1. The zero-order valence-corrected chi connectivity index (χ0v) is 14.0. The van der Waals surface area contributed by atoms with Crippen LogP contribution in [0.5, 0.6) is 0 Å². The number of urea groups is 1. The Labute approximate surface area is 134 Å². The zero-order valence-electron chi connectivity index (χ0n) is 13.2. The van der Waals surface area contributed by atoms with Crippen molar-refractivity contribution in [3.63, 3.8) is 0 Å². The van der Waals surface area contributed by atoms with Crippen molar-refractivity contribution in [1.29, 1.82) is 0 Å². The minimum atomic E-state index is -0.0936. The molecule has 120 valence electrons. The van der Waals surface area contributed by atoms with E-state index in [4.69, 9.17) is 0 Å². The van der Waals surface area contributed by atoms with Crippen molar-refractivity contribution < 1.29 is 9.59 Å². The van der Waals surface area contributed by atoms with Crippen molar-refractivity contribution >= 4 is 28.4 Å². The van der Waals surface area contributed by atoms with E-state index in [0.717, 1.165) is 43.2 Å². The van der Waals surface area contributed by atoms with Crippen molar-refractivity contribution in [2.24, 2.45) is 0 Å². The lowest BCUT2D eigenvalue weighted by molar-refractivity contribution is -0.130. The van der Waals surface area contributed by atoms with Gasteiger partial charge in [-0.3, -0.25) is 9.69 Å². The second-order valence-electron chi connectivity index (χ2n) is 5.80. The summed E-state index contributed by atoms with van der Waals surface area (Å²) in [7, 11) is 0. The van der Waals surface area contributed by atoms with Crippen LogP contribution in [-0.2, 0) is 11.2 Å². The normalized spacial score (nSPS) is 18.6. The van der Waals surface area contributed by atoms with Gasteiger partial charge in [-0.15, -0.1) is 11.3 Å². The van der Waals surface area contributed by atoms with Gasteiger partial charge in [0, 0.05) is 31.1 Å². The molecule has 0 unspecified atom stereocenters. The fourth-order valence-corrected chi connectivity index (χ4v) is 4.01. The van der Waals surface area contributed by atoms with Crippen molar-refractivity contribution in [2.45, 2.75) is 33.1 Å². The first-order valence-electron chi connectivity index (χ1n) is 7.90. The van der Waals surface area contributed by atoms with E-state index in [1.165, 1.54) is 4.88 Å². The third-order valence-electron chi connectivity index (χ3n) is 4.31. The summed E-state index contributed by atoms with van der Waals surface area (Å²) in [5, 5.41) is 0.760. The van der Waals surface area contributed by atoms with Gasteiger partial charge < -0.3 is 9.80 Å². The highest BCUT2D eigenvalue weighted by Gasteiger charge is 2.34. The molecule has 1 aromatic rings. The smallest absolute Gasteiger partial charge is 0.326 e. The van der Waals surface area contributed by atoms with E-state index >= 15 is 0 Å². The summed E-state index contributed by atoms with van der Waals surface area (Å²) < 4.78 is 0. The van der Waals surface area contributed by atoms with Gasteiger partial charge in [0.05, 0.1) is 5.69 Å². The molecule has 0 aromatic carbocycles. The number of hydrogen-bond donors (Lipinski definition) is 0. The lowest BCUT2D eigenvalue weighted by atomic mass is 10.3. The molecule has 0 atom stereocenters. The molecule has 3 heterocycles. The predicted molar refractivity (Wildman–Crippen MR) is 86.4 cm³/mol. The highest BCUT2D eigenvalue weighted by Crippen LogP contribution is 2.29. The van der Waals surface area contributed by atoms with Crippen LogP contribution in [0.4, 0.5) is 9.93 Å². The van der Waals surface area contributed by atoms with E-state index in [1.807, 2.05) is 11.8 Å². The molecule has 6 nitrogen and oxygen atoms in total. The summed E-state index contributed by atoms with van der Waals surface area (Å²) in [5.41, 5.74) is 1.00. The van der Waals surface area contributed by atoms with Gasteiger partial charge in [0.15, 0.2) is 5.13 Å². The molecule has 0 bridgehead atoms. The number of carbonyl (C=O) groups excluding carboxylic acids is 2. The van der Waals surface area contributed by atoms with Crippen molar-refractivity contribution in [1.82, 2.24) is 14.8 Å². The maximum atomic E-state index is 12.5. The number of carbonyl (C=O) groups is 2. The Balaban J connectivity index is 1.65. The molecule has 1 aromatic heterocycles. The van der Waals surface area contributed by atoms with Crippen LogP contribution in [-0.4, -0.2) is 59.4 Å². The Kier molecular flexibility index (Phi) is 4.33. The van der Waals surface area contributed by atoms with Crippen LogP contribution in [0.3, 0.4) is 0 Å². The monoisotopic (exact) mass is 322 g/mol. The fraction of sp³-hybridized carbons (Fsp3) is 0.667. The number of likely N-dealkylation sites (tertiary alicyclic amines) is 1.